The Morgan fingerprint density at radius 3 is 2.88 bits per heavy atom. The van der Waals surface area contributed by atoms with Crippen LogP contribution >= 0.6 is 0 Å². The van der Waals surface area contributed by atoms with E-state index in [0.717, 1.165) is 32.1 Å². The number of fused-ring (bicyclic) bond motifs is 1. The normalized spacial score (nSPS) is 20.2. The van der Waals surface area contributed by atoms with Crippen LogP contribution in [0.25, 0.3) is 5.65 Å². The molecule has 0 spiro atoms. The quantitative estimate of drug-likeness (QED) is 0.531. The van der Waals surface area contributed by atoms with Crippen molar-refractivity contribution in [2.75, 3.05) is 17.7 Å². The van der Waals surface area contributed by atoms with Gasteiger partial charge < -0.3 is 20.5 Å². The Labute approximate surface area is 190 Å². The number of nitrogens with zero attached hydrogens (tertiary/aromatic N) is 5. The molecule has 10 heteroatoms. The number of aromatic nitrogens is 4. The number of anilines is 3. The number of pyridine rings is 1. The van der Waals surface area contributed by atoms with Gasteiger partial charge in [-0.05, 0) is 44.2 Å². The fraction of sp³-hybridized carbons (Fsp3) is 0.435. The van der Waals surface area contributed by atoms with Crippen LogP contribution in [0, 0.1) is 17.2 Å². The van der Waals surface area contributed by atoms with Crippen LogP contribution in [0.15, 0.2) is 35.4 Å². The van der Waals surface area contributed by atoms with Gasteiger partial charge in [-0.1, -0.05) is 6.42 Å². The van der Waals surface area contributed by atoms with Crippen molar-refractivity contribution in [2.45, 2.75) is 50.6 Å². The zero-order valence-corrected chi connectivity index (χ0v) is 18.4. The second-order valence-corrected chi connectivity index (χ2v) is 8.72. The van der Waals surface area contributed by atoms with E-state index in [1.807, 2.05) is 6.07 Å². The Morgan fingerprint density at radius 1 is 1.27 bits per heavy atom. The summed E-state index contributed by atoms with van der Waals surface area (Å²) in [5.41, 5.74) is 1.02. The first kappa shape index (κ1) is 21.0. The molecule has 1 amide bonds. The van der Waals surface area contributed by atoms with E-state index in [1.165, 1.54) is 6.20 Å². The molecular formula is C23H26N8O2. The van der Waals surface area contributed by atoms with Gasteiger partial charge in [0.15, 0.2) is 5.65 Å². The highest BCUT2D eigenvalue weighted by atomic mass is 16.2. The van der Waals surface area contributed by atoms with Gasteiger partial charge in [-0.3, -0.25) is 9.59 Å². The Balaban J connectivity index is 1.47. The molecule has 3 heterocycles. The maximum atomic E-state index is 13.2. The summed E-state index contributed by atoms with van der Waals surface area (Å²) >= 11 is 0. The van der Waals surface area contributed by atoms with Gasteiger partial charge in [0.05, 0.1) is 12.3 Å². The van der Waals surface area contributed by atoms with Gasteiger partial charge in [0.25, 0.3) is 11.5 Å². The van der Waals surface area contributed by atoms with Crippen LogP contribution < -0.4 is 21.5 Å². The van der Waals surface area contributed by atoms with Crippen LogP contribution in [0.2, 0.25) is 0 Å². The molecule has 2 aliphatic rings. The van der Waals surface area contributed by atoms with Gasteiger partial charge in [-0.15, -0.1) is 0 Å². The number of carbonyl (C=O) groups is 1. The largest absolute Gasteiger partial charge is 0.373 e. The van der Waals surface area contributed by atoms with Crippen LogP contribution in [-0.2, 0) is 0 Å². The minimum absolute atomic E-state index is 0.00788. The summed E-state index contributed by atoms with van der Waals surface area (Å²) in [6.07, 6.45) is 8.66. The zero-order valence-electron chi connectivity index (χ0n) is 18.4. The number of amides is 1. The number of nitrogens with one attached hydrogen (secondary N) is 3. The van der Waals surface area contributed by atoms with Gasteiger partial charge in [0.1, 0.15) is 22.9 Å². The predicted octanol–water partition coefficient (Wildman–Crippen LogP) is 2.82. The number of carbonyl (C=O) groups excluding carboxylic acids is 1. The Bertz CT molecular complexity index is 1300. The van der Waals surface area contributed by atoms with E-state index in [0.29, 0.717) is 35.0 Å². The van der Waals surface area contributed by atoms with Crippen LogP contribution in [0.1, 0.15) is 54.9 Å². The van der Waals surface area contributed by atoms with Crippen molar-refractivity contribution in [3.63, 3.8) is 0 Å². The first-order chi connectivity index (χ1) is 16.1. The lowest BCUT2D eigenvalue weighted by Crippen LogP contribution is -2.29. The minimum Gasteiger partial charge on any atom is -0.373 e. The highest BCUT2D eigenvalue weighted by Gasteiger charge is 2.27. The number of hydrogen-bond donors (Lipinski definition) is 3. The smallest absolute Gasteiger partial charge is 0.274 e. The lowest BCUT2D eigenvalue weighted by Gasteiger charge is -2.27. The minimum atomic E-state index is -0.203. The highest BCUT2D eigenvalue weighted by molar-refractivity contribution is 6.00. The molecule has 33 heavy (non-hydrogen) atoms. The molecule has 3 N–H and O–H groups in total. The lowest BCUT2D eigenvalue weighted by atomic mass is 9.86. The maximum Gasteiger partial charge on any atom is 0.274 e. The van der Waals surface area contributed by atoms with E-state index in [9.17, 15) is 14.9 Å². The Morgan fingerprint density at radius 2 is 2.12 bits per heavy atom. The fourth-order valence-corrected chi connectivity index (χ4v) is 4.42. The molecule has 0 bridgehead atoms. The van der Waals surface area contributed by atoms with Crippen molar-refractivity contribution in [3.8, 4) is 6.07 Å². The van der Waals surface area contributed by atoms with E-state index in [2.05, 4.69) is 32.1 Å². The van der Waals surface area contributed by atoms with Crippen molar-refractivity contribution in [2.24, 2.45) is 5.92 Å². The third-order valence-electron chi connectivity index (χ3n) is 6.34. The summed E-state index contributed by atoms with van der Waals surface area (Å²) in [6.45, 7) is 0. The van der Waals surface area contributed by atoms with Crippen LogP contribution in [-0.4, -0.2) is 38.2 Å². The predicted molar refractivity (Wildman–Crippen MR) is 124 cm³/mol. The second-order valence-electron chi connectivity index (χ2n) is 8.72. The van der Waals surface area contributed by atoms with Gasteiger partial charge >= 0.3 is 0 Å². The molecule has 1 unspecified atom stereocenters. The molecule has 0 aliphatic heterocycles. The summed E-state index contributed by atoms with van der Waals surface area (Å²) in [6, 6.07) is 7.86. The van der Waals surface area contributed by atoms with Crippen molar-refractivity contribution in [1.82, 2.24) is 24.5 Å². The second kappa shape index (κ2) is 8.58. The van der Waals surface area contributed by atoms with E-state index in [-0.39, 0.29) is 29.5 Å². The summed E-state index contributed by atoms with van der Waals surface area (Å²) in [4.78, 5) is 30.5. The van der Waals surface area contributed by atoms with E-state index in [1.54, 1.807) is 34.5 Å². The van der Waals surface area contributed by atoms with E-state index in [4.69, 9.17) is 0 Å². The molecule has 0 radical (unpaired) electrons. The molecule has 2 atom stereocenters. The van der Waals surface area contributed by atoms with E-state index < -0.39 is 0 Å². The van der Waals surface area contributed by atoms with Gasteiger partial charge in [0.2, 0.25) is 0 Å². The third-order valence-corrected chi connectivity index (χ3v) is 6.34. The molecule has 2 aliphatic carbocycles. The van der Waals surface area contributed by atoms with Crippen LogP contribution in [0.5, 0.6) is 0 Å². The Hall–Kier alpha value is -3.87. The molecule has 3 aromatic heterocycles. The van der Waals surface area contributed by atoms with Crippen molar-refractivity contribution >= 4 is 28.9 Å². The average molecular weight is 447 g/mol. The molecule has 0 aromatic carbocycles. The summed E-state index contributed by atoms with van der Waals surface area (Å²) in [7, 11) is 1.76. The zero-order chi connectivity index (χ0) is 22.9. The van der Waals surface area contributed by atoms with Gasteiger partial charge in [0, 0.05) is 37.3 Å². The molecule has 10 nitrogen and oxygen atoms in total. The number of hydrogen-bond acceptors (Lipinski definition) is 7. The number of nitriles is 1. The first-order valence-corrected chi connectivity index (χ1v) is 11.3. The monoisotopic (exact) mass is 446 g/mol. The third kappa shape index (κ3) is 4.14. The van der Waals surface area contributed by atoms with Gasteiger partial charge in [-0.25, -0.2) is 4.98 Å². The van der Waals surface area contributed by atoms with Crippen molar-refractivity contribution < 1.29 is 4.79 Å². The lowest BCUT2D eigenvalue weighted by molar-refractivity contribution is 0.0952. The van der Waals surface area contributed by atoms with Gasteiger partial charge in [-0.2, -0.15) is 14.9 Å². The molecule has 3 aromatic rings. The molecule has 2 saturated carbocycles. The summed E-state index contributed by atoms with van der Waals surface area (Å²) < 4.78 is 3.29. The fourth-order valence-electron chi connectivity index (χ4n) is 4.42. The molecule has 5 rings (SSSR count). The molecule has 0 saturated heterocycles. The average Bonchev–Trinajstić information content (AvgIpc) is 3.54. The standard InChI is InChI=1S/C23H26N8O2/c1-25-20-11-19(29-21-17(13-26-31(20)21)22(32)27-15-7-8-15)28-18-6-3-9-30(23(18)33)16-5-2-4-14(10-16)12-24/h3,6,9,11,13-16,25H,2,4-5,7-8,10H2,1H3,(H,27,32)(H,28,29)/t14?,16-/m0/s1. The molecule has 170 valence electrons. The summed E-state index contributed by atoms with van der Waals surface area (Å²) in [5, 5.41) is 22.8. The topological polar surface area (TPSA) is 129 Å². The van der Waals surface area contributed by atoms with E-state index >= 15 is 0 Å². The molecule has 2 fully saturated rings. The van der Waals surface area contributed by atoms with Crippen LogP contribution in [0.3, 0.4) is 0 Å². The Kier molecular flexibility index (Phi) is 5.46. The first-order valence-electron chi connectivity index (χ1n) is 11.3. The maximum absolute atomic E-state index is 13.2. The molecular weight excluding hydrogens is 420 g/mol. The van der Waals surface area contributed by atoms with Crippen LogP contribution in [0.4, 0.5) is 17.3 Å². The van der Waals surface area contributed by atoms with Crippen molar-refractivity contribution in [1.29, 1.82) is 5.26 Å². The SMILES string of the molecule is CNc1cc(Nc2cccn([C@H]3CCCC(C#N)C3)c2=O)nc2c(C(=O)NC3CC3)cnn12. The highest BCUT2D eigenvalue weighted by Crippen LogP contribution is 2.31. The van der Waals surface area contributed by atoms with Crippen molar-refractivity contribution in [3.05, 3.63) is 46.5 Å². The number of rotatable bonds is 6. The summed E-state index contributed by atoms with van der Waals surface area (Å²) in [5.74, 6) is 0.844.